The lowest BCUT2D eigenvalue weighted by Gasteiger charge is -2.13. The maximum absolute atomic E-state index is 11.5. The van der Waals surface area contributed by atoms with Crippen LogP contribution >= 0.6 is 11.6 Å². The second-order valence-electron chi connectivity index (χ2n) is 4.53. The van der Waals surface area contributed by atoms with Crippen molar-refractivity contribution in [3.8, 4) is 0 Å². The highest BCUT2D eigenvalue weighted by molar-refractivity contribution is 6.32. The molecule has 0 aliphatic heterocycles. The highest BCUT2D eigenvalue weighted by Crippen LogP contribution is 2.34. The van der Waals surface area contributed by atoms with Gasteiger partial charge in [0.25, 0.3) is 6.04 Å². The topological polar surface area (TPSA) is 137 Å². The van der Waals surface area contributed by atoms with Gasteiger partial charge in [-0.25, -0.2) is 14.4 Å². The fourth-order valence-corrected chi connectivity index (χ4v) is 2.41. The van der Waals surface area contributed by atoms with E-state index in [1.165, 1.54) is 6.07 Å². The summed E-state index contributed by atoms with van der Waals surface area (Å²) in [5.41, 5.74) is 0.621. The normalized spacial score (nSPS) is 11.1. The molecule has 0 atom stereocenters. The Kier molecular flexibility index (Phi) is 6.20. The molecular weight excluding hydrogens is 328 g/mol. The Bertz CT molecular complexity index is 672. The van der Waals surface area contributed by atoms with Crippen LogP contribution < -0.4 is 0 Å². The molecule has 0 amide bonds. The number of hydrogen-bond donors (Lipinski definition) is 3. The van der Waals surface area contributed by atoms with E-state index in [9.17, 15) is 19.5 Å². The van der Waals surface area contributed by atoms with Gasteiger partial charge >= 0.3 is 17.9 Å². The lowest BCUT2D eigenvalue weighted by Crippen LogP contribution is -2.27. The number of benzene rings is 1. The molecular formula is C14H15ClN2O6. The number of halogens is 1. The Balaban J connectivity index is 3.53. The number of aryl methyl sites for hydroxylation is 1. The van der Waals surface area contributed by atoms with Crippen LogP contribution in [0.1, 0.15) is 35.3 Å². The average Bonchev–Trinajstić information content (AvgIpc) is 2.46. The molecule has 8 nitrogen and oxygen atoms in total. The quantitative estimate of drug-likeness (QED) is 0.514. The van der Waals surface area contributed by atoms with Gasteiger partial charge in [-0.2, -0.15) is 10.2 Å². The summed E-state index contributed by atoms with van der Waals surface area (Å²) in [6, 6.07) is -0.739. The van der Waals surface area contributed by atoms with Crippen molar-refractivity contribution in [2.75, 3.05) is 0 Å². The van der Waals surface area contributed by atoms with Crippen molar-refractivity contribution in [1.82, 2.24) is 0 Å². The van der Waals surface area contributed by atoms with Gasteiger partial charge in [0.15, 0.2) is 0 Å². The molecule has 3 N–H and O–H groups in total. The van der Waals surface area contributed by atoms with Crippen LogP contribution in [0.25, 0.3) is 0 Å². The van der Waals surface area contributed by atoms with E-state index in [-0.39, 0.29) is 11.3 Å². The maximum atomic E-state index is 11.5. The van der Waals surface area contributed by atoms with Crippen molar-refractivity contribution in [1.29, 1.82) is 0 Å². The molecule has 9 heteroatoms. The number of carboxylic acid groups (broad SMARTS) is 3. The zero-order chi connectivity index (χ0) is 17.7. The lowest BCUT2D eigenvalue weighted by atomic mass is 9.98. The molecule has 0 fully saturated rings. The minimum Gasteiger partial charge on any atom is -0.479 e. The summed E-state index contributed by atoms with van der Waals surface area (Å²) in [7, 11) is 0. The molecule has 0 saturated heterocycles. The summed E-state index contributed by atoms with van der Waals surface area (Å²) in [5, 5.41) is 34.0. The smallest absolute Gasteiger partial charge is 0.342 e. The summed E-state index contributed by atoms with van der Waals surface area (Å²) in [4.78, 5) is 33.1. The Labute approximate surface area is 136 Å². The summed E-state index contributed by atoms with van der Waals surface area (Å²) in [6.45, 7) is 3.52. The third kappa shape index (κ3) is 4.04. The van der Waals surface area contributed by atoms with E-state index in [1.807, 2.05) is 0 Å². The highest BCUT2D eigenvalue weighted by Gasteiger charge is 2.26. The van der Waals surface area contributed by atoms with E-state index >= 15 is 0 Å². The van der Waals surface area contributed by atoms with Gasteiger partial charge in [-0.15, -0.1) is 0 Å². The average molecular weight is 343 g/mol. The second kappa shape index (κ2) is 7.68. The van der Waals surface area contributed by atoms with Crippen molar-refractivity contribution < 1.29 is 29.7 Å². The maximum Gasteiger partial charge on any atom is 0.342 e. The number of aromatic carboxylic acids is 1. The van der Waals surface area contributed by atoms with Gasteiger partial charge in [0.2, 0.25) is 0 Å². The summed E-state index contributed by atoms with van der Waals surface area (Å²) >= 11 is 6.17. The third-order valence-electron chi connectivity index (χ3n) is 3.11. The van der Waals surface area contributed by atoms with Gasteiger partial charge in [0.05, 0.1) is 5.56 Å². The molecule has 0 saturated carbocycles. The van der Waals surface area contributed by atoms with Crippen LogP contribution in [0.5, 0.6) is 0 Å². The highest BCUT2D eigenvalue weighted by atomic mass is 35.5. The molecule has 1 aromatic rings. The van der Waals surface area contributed by atoms with Crippen molar-refractivity contribution in [3.05, 3.63) is 27.8 Å². The zero-order valence-corrected chi connectivity index (χ0v) is 13.2. The number of hydrogen-bond acceptors (Lipinski definition) is 5. The molecule has 23 heavy (non-hydrogen) atoms. The van der Waals surface area contributed by atoms with E-state index in [1.54, 1.807) is 13.8 Å². The third-order valence-corrected chi connectivity index (χ3v) is 3.58. The van der Waals surface area contributed by atoms with Crippen molar-refractivity contribution in [3.63, 3.8) is 0 Å². The fraction of sp³-hybridized carbons (Fsp3) is 0.357. The van der Waals surface area contributed by atoms with Crippen LogP contribution in [-0.4, -0.2) is 39.3 Å². The van der Waals surface area contributed by atoms with E-state index < -0.39 is 23.9 Å². The Morgan fingerprint density at radius 1 is 1.13 bits per heavy atom. The molecule has 0 radical (unpaired) electrons. The molecule has 0 unspecified atom stereocenters. The minimum atomic E-state index is -2.11. The van der Waals surface area contributed by atoms with Crippen LogP contribution in [0.4, 0.5) is 5.69 Å². The molecule has 0 aliphatic rings. The molecule has 1 rings (SSSR count). The van der Waals surface area contributed by atoms with Gasteiger partial charge in [-0.1, -0.05) is 25.4 Å². The predicted molar refractivity (Wildman–Crippen MR) is 80.7 cm³/mol. The first-order valence-electron chi connectivity index (χ1n) is 6.68. The van der Waals surface area contributed by atoms with Crippen molar-refractivity contribution in [2.45, 2.75) is 32.7 Å². The van der Waals surface area contributed by atoms with Gasteiger partial charge in [0, 0.05) is 5.02 Å². The lowest BCUT2D eigenvalue weighted by molar-refractivity contribution is -0.149. The van der Waals surface area contributed by atoms with Crippen LogP contribution in [0, 0.1) is 0 Å². The molecule has 0 aliphatic carbocycles. The van der Waals surface area contributed by atoms with Crippen LogP contribution in [0.15, 0.2) is 16.3 Å². The first kappa shape index (κ1) is 18.6. The molecule has 0 spiro atoms. The summed E-state index contributed by atoms with van der Waals surface area (Å²) in [5.74, 6) is -4.69. The number of carboxylic acids is 3. The van der Waals surface area contributed by atoms with E-state index in [0.29, 0.717) is 29.0 Å². The number of carbonyl (C=O) groups is 3. The number of aliphatic carboxylic acids is 2. The summed E-state index contributed by atoms with van der Waals surface area (Å²) in [6.07, 6.45) is 0.813. The first-order valence-corrected chi connectivity index (χ1v) is 7.06. The van der Waals surface area contributed by atoms with E-state index in [2.05, 4.69) is 10.2 Å². The van der Waals surface area contributed by atoms with Crippen LogP contribution in [0.2, 0.25) is 5.02 Å². The summed E-state index contributed by atoms with van der Waals surface area (Å²) < 4.78 is 0. The van der Waals surface area contributed by atoms with E-state index in [4.69, 9.17) is 21.8 Å². The Morgan fingerprint density at radius 3 is 2.09 bits per heavy atom. The van der Waals surface area contributed by atoms with Crippen molar-refractivity contribution in [2.24, 2.45) is 10.2 Å². The van der Waals surface area contributed by atoms with Gasteiger partial charge < -0.3 is 15.3 Å². The first-order chi connectivity index (χ1) is 10.7. The van der Waals surface area contributed by atoms with Crippen molar-refractivity contribution >= 4 is 35.2 Å². The molecule has 124 valence electrons. The molecule has 1 aromatic carbocycles. The number of rotatable bonds is 7. The van der Waals surface area contributed by atoms with E-state index in [0.717, 1.165) is 0 Å². The Hall–Kier alpha value is -2.48. The monoisotopic (exact) mass is 342 g/mol. The van der Waals surface area contributed by atoms with Gasteiger partial charge in [-0.05, 0) is 30.0 Å². The number of azo groups is 1. The molecule has 0 heterocycles. The standard InChI is InChI=1S/C14H15ClN2O6/c1-3-6-5-8(16-17-11(13(20)21)14(22)23)9(12(18)19)7(4-2)10(6)15/h5,11H,3-4H2,1-2H3,(H,18,19)(H,20,21)(H,22,23). The predicted octanol–water partition coefficient (Wildman–Crippen LogP) is 2.78. The second-order valence-corrected chi connectivity index (χ2v) is 4.91. The van der Waals surface area contributed by atoms with Gasteiger partial charge in [-0.3, -0.25) is 0 Å². The SMILES string of the molecule is CCc1cc(N=NC(C(=O)O)C(=O)O)c(C(=O)O)c(CC)c1Cl. The van der Waals surface area contributed by atoms with Crippen LogP contribution in [0.3, 0.4) is 0 Å². The molecule has 0 bridgehead atoms. The number of nitrogens with zero attached hydrogens (tertiary/aromatic N) is 2. The minimum absolute atomic E-state index is 0.122. The molecule has 0 aromatic heterocycles. The largest absolute Gasteiger partial charge is 0.479 e. The van der Waals surface area contributed by atoms with Gasteiger partial charge in [0.1, 0.15) is 5.69 Å². The van der Waals surface area contributed by atoms with Crippen LogP contribution in [-0.2, 0) is 22.4 Å². The fourth-order valence-electron chi connectivity index (χ4n) is 1.99. The Morgan fingerprint density at radius 2 is 1.70 bits per heavy atom. The zero-order valence-electron chi connectivity index (χ0n) is 12.4.